The minimum atomic E-state index is 0.604. The number of aromatic nitrogens is 4. The normalized spacial score (nSPS) is 10.5. The number of halogens is 1. The van der Waals surface area contributed by atoms with E-state index in [4.69, 9.17) is 11.6 Å². The Kier molecular flexibility index (Phi) is 6.33. The van der Waals surface area contributed by atoms with E-state index in [9.17, 15) is 0 Å². The quantitative estimate of drug-likeness (QED) is 0.658. The second kappa shape index (κ2) is 9.10. The van der Waals surface area contributed by atoms with Crippen LogP contribution in [0, 0.1) is 0 Å². The van der Waals surface area contributed by atoms with Crippen LogP contribution in [0.15, 0.2) is 55.0 Å². The molecule has 134 valence electrons. The predicted octanol–water partition coefficient (Wildman–Crippen LogP) is 3.25. The summed E-state index contributed by atoms with van der Waals surface area (Å²) in [5, 5.41) is 12.2. The summed E-state index contributed by atoms with van der Waals surface area (Å²) < 4.78 is 0. The molecule has 0 atom stereocenters. The standard InChI is InChI=1S/C19H21ClN6/c1-26(12-8-15-5-9-21-10-6-15)19-24-18(14-23-25-19)22-11-7-16-3-2-4-17(20)13-16/h2-6,9-10,13-14H,7-8,11-12H2,1H3,(H,22,24,25). The lowest BCUT2D eigenvalue weighted by molar-refractivity contribution is 0.809. The van der Waals surface area contributed by atoms with Crippen molar-refractivity contribution >= 4 is 23.4 Å². The van der Waals surface area contributed by atoms with Gasteiger partial charge < -0.3 is 10.2 Å². The number of pyridine rings is 1. The predicted molar refractivity (Wildman–Crippen MR) is 105 cm³/mol. The van der Waals surface area contributed by atoms with E-state index in [1.807, 2.05) is 42.3 Å². The molecule has 0 radical (unpaired) electrons. The van der Waals surface area contributed by atoms with E-state index in [2.05, 4.69) is 31.5 Å². The van der Waals surface area contributed by atoms with Crippen molar-refractivity contribution in [1.29, 1.82) is 0 Å². The fourth-order valence-corrected chi connectivity index (χ4v) is 2.73. The molecule has 3 rings (SSSR count). The van der Waals surface area contributed by atoms with Gasteiger partial charge in [0.2, 0.25) is 5.95 Å². The molecule has 0 aliphatic carbocycles. The van der Waals surface area contributed by atoms with Gasteiger partial charge in [-0.1, -0.05) is 23.7 Å². The lowest BCUT2D eigenvalue weighted by Crippen LogP contribution is -2.23. The molecule has 0 saturated heterocycles. The summed E-state index contributed by atoms with van der Waals surface area (Å²) in [7, 11) is 1.97. The smallest absolute Gasteiger partial charge is 0.247 e. The first-order valence-electron chi connectivity index (χ1n) is 8.49. The van der Waals surface area contributed by atoms with Crippen LogP contribution in [-0.2, 0) is 12.8 Å². The van der Waals surface area contributed by atoms with Crippen LogP contribution in [0.5, 0.6) is 0 Å². The third-order valence-corrected chi connectivity index (χ3v) is 4.22. The number of rotatable bonds is 8. The summed E-state index contributed by atoms with van der Waals surface area (Å²) in [4.78, 5) is 10.6. The van der Waals surface area contributed by atoms with Crippen LogP contribution in [0.25, 0.3) is 0 Å². The van der Waals surface area contributed by atoms with Gasteiger partial charge in [-0.05, 0) is 48.2 Å². The molecule has 0 spiro atoms. The summed E-state index contributed by atoms with van der Waals surface area (Å²) in [6.45, 7) is 1.55. The first kappa shape index (κ1) is 18.1. The van der Waals surface area contributed by atoms with Gasteiger partial charge in [-0.15, -0.1) is 5.10 Å². The number of hydrogen-bond acceptors (Lipinski definition) is 6. The Hall–Kier alpha value is -2.73. The Morgan fingerprint density at radius 2 is 1.92 bits per heavy atom. The van der Waals surface area contributed by atoms with Crippen molar-refractivity contribution in [3.8, 4) is 0 Å². The average Bonchev–Trinajstić information content (AvgIpc) is 2.67. The Labute approximate surface area is 158 Å². The van der Waals surface area contributed by atoms with Gasteiger partial charge in [0.25, 0.3) is 0 Å². The second-order valence-electron chi connectivity index (χ2n) is 5.98. The largest absolute Gasteiger partial charge is 0.368 e. The maximum Gasteiger partial charge on any atom is 0.247 e. The summed E-state index contributed by atoms with van der Waals surface area (Å²) in [5.74, 6) is 1.32. The van der Waals surface area contributed by atoms with Gasteiger partial charge in [0.1, 0.15) is 0 Å². The van der Waals surface area contributed by atoms with Gasteiger partial charge in [-0.25, -0.2) is 0 Å². The molecule has 0 fully saturated rings. The van der Waals surface area contributed by atoms with Crippen LogP contribution in [-0.4, -0.2) is 40.3 Å². The molecule has 0 unspecified atom stereocenters. The molecule has 1 N–H and O–H groups in total. The molecule has 0 aliphatic heterocycles. The number of likely N-dealkylation sites (N-methyl/N-ethyl adjacent to an activating group) is 1. The van der Waals surface area contributed by atoms with E-state index in [0.29, 0.717) is 11.8 Å². The fourth-order valence-electron chi connectivity index (χ4n) is 2.51. The minimum Gasteiger partial charge on any atom is -0.368 e. The van der Waals surface area contributed by atoms with Crippen LogP contribution >= 0.6 is 11.6 Å². The number of hydrogen-bond donors (Lipinski definition) is 1. The first-order valence-corrected chi connectivity index (χ1v) is 8.86. The number of benzene rings is 1. The number of nitrogens with one attached hydrogen (secondary N) is 1. The molecule has 3 aromatic rings. The molecule has 1 aromatic carbocycles. The maximum atomic E-state index is 6.01. The van der Waals surface area contributed by atoms with Gasteiger partial charge in [0, 0.05) is 37.6 Å². The number of nitrogens with zero attached hydrogens (tertiary/aromatic N) is 5. The van der Waals surface area contributed by atoms with Crippen molar-refractivity contribution in [2.24, 2.45) is 0 Å². The summed E-state index contributed by atoms with van der Waals surface area (Å²) in [6.07, 6.45) is 7.00. The highest BCUT2D eigenvalue weighted by Crippen LogP contribution is 2.12. The zero-order valence-corrected chi connectivity index (χ0v) is 15.4. The van der Waals surface area contributed by atoms with Crippen molar-refractivity contribution in [3.05, 3.63) is 71.1 Å². The third-order valence-electron chi connectivity index (χ3n) is 3.98. The Bertz CT molecular complexity index is 827. The van der Waals surface area contributed by atoms with E-state index in [1.165, 1.54) is 11.1 Å². The van der Waals surface area contributed by atoms with Gasteiger partial charge >= 0.3 is 0 Å². The molecule has 0 amide bonds. The molecule has 2 heterocycles. The van der Waals surface area contributed by atoms with Gasteiger partial charge in [-0.2, -0.15) is 10.1 Å². The lowest BCUT2D eigenvalue weighted by atomic mass is 10.1. The van der Waals surface area contributed by atoms with Crippen LogP contribution in [0.1, 0.15) is 11.1 Å². The molecular weight excluding hydrogens is 348 g/mol. The van der Waals surface area contributed by atoms with E-state index < -0.39 is 0 Å². The van der Waals surface area contributed by atoms with Crippen LogP contribution in [0.2, 0.25) is 5.02 Å². The molecule has 26 heavy (non-hydrogen) atoms. The van der Waals surface area contributed by atoms with Crippen molar-refractivity contribution in [2.45, 2.75) is 12.8 Å². The maximum absolute atomic E-state index is 6.01. The molecule has 2 aromatic heterocycles. The molecule has 0 bridgehead atoms. The van der Waals surface area contributed by atoms with Crippen molar-refractivity contribution in [1.82, 2.24) is 20.2 Å². The highest BCUT2D eigenvalue weighted by atomic mass is 35.5. The summed E-state index contributed by atoms with van der Waals surface area (Å²) >= 11 is 6.01. The summed E-state index contributed by atoms with van der Waals surface area (Å²) in [6, 6.07) is 11.9. The first-order chi connectivity index (χ1) is 12.7. The second-order valence-corrected chi connectivity index (χ2v) is 6.41. The molecule has 7 heteroatoms. The average molecular weight is 369 g/mol. The molecule has 0 aliphatic rings. The van der Waals surface area contributed by atoms with Crippen LogP contribution < -0.4 is 10.2 Å². The molecular formula is C19H21ClN6. The van der Waals surface area contributed by atoms with Gasteiger partial charge in [-0.3, -0.25) is 4.98 Å². The van der Waals surface area contributed by atoms with E-state index in [1.54, 1.807) is 18.6 Å². The van der Waals surface area contributed by atoms with Crippen molar-refractivity contribution in [2.75, 3.05) is 30.4 Å². The SMILES string of the molecule is CN(CCc1ccncc1)c1nncc(NCCc2cccc(Cl)c2)n1. The Balaban J connectivity index is 1.52. The minimum absolute atomic E-state index is 0.604. The van der Waals surface area contributed by atoms with Crippen molar-refractivity contribution < 1.29 is 0 Å². The molecule has 0 saturated carbocycles. The highest BCUT2D eigenvalue weighted by Gasteiger charge is 2.07. The highest BCUT2D eigenvalue weighted by molar-refractivity contribution is 6.30. The number of anilines is 2. The van der Waals surface area contributed by atoms with E-state index >= 15 is 0 Å². The zero-order valence-electron chi connectivity index (χ0n) is 14.6. The Morgan fingerprint density at radius 3 is 2.73 bits per heavy atom. The monoisotopic (exact) mass is 368 g/mol. The summed E-state index contributed by atoms with van der Waals surface area (Å²) in [5.41, 5.74) is 2.41. The van der Waals surface area contributed by atoms with Gasteiger partial charge in [0.05, 0.1) is 6.20 Å². The third kappa shape index (κ3) is 5.39. The zero-order chi connectivity index (χ0) is 18.2. The van der Waals surface area contributed by atoms with Crippen LogP contribution in [0.4, 0.5) is 11.8 Å². The topological polar surface area (TPSA) is 66.8 Å². The van der Waals surface area contributed by atoms with E-state index in [-0.39, 0.29) is 0 Å². The lowest BCUT2D eigenvalue weighted by Gasteiger charge is -2.17. The fraction of sp³-hybridized carbons (Fsp3) is 0.263. The Morgan fingerprint density at radius 1 is 1.08 bits per heavy atom. The van der Waals surface area contributed by atoms with E-state index in [0.717, 1.165) is 31.0 Å². The van der Waals surface area contributed by atoms with Crippen molar-refractivity contribution in [3.63, 3.8) is 0 Å². The van der Waals surface area contributed by atoms with Crippen LogP contribution in [0.3, 0.4) is 0 Å². The molecule has 6 nitrogen and oxygen atoms in total. The van der Waals surface area contributed by atoms with Gasteiger partial charge in [0.15, 0.2) is 5.82 Å².